The third-order valence-electron chi connectivity index (χ3n) is 3.78. The molecule has 0 aliphatic carbocycles. The molecule has 1 saturated heterocycles. The number of carbonyl (C=O) groups excluding carboxylic acids is 1. The Morgan fingerprint density at radius 2 is 2.17 bits per heavy atom. The molecule has 1 N–H and O–H groups in total. The molecule has 7 heteroatoms. The fourth-order valence-electron chi connectivity index (χ4n) is 2.75. The molecule has 1 aromatic heterocycles. The largest absolute Gasteiger partial charge is 0.494 e. The van der Waals surface area contributed by atoms with Crippen molar-refractivity contribution in [1.29, 1.82) is 0 Å². The smallest absolute Gasteiger partial charge is 0.254 e. The van der Waals surface area contributed by atoms with Gasteiger partial charge in [-0.25, -0.2) is 0 Å². The molecule has 1 aromatic carbocycles. The van der Waals surface area contributed by atoms with E-state index in [2.05, 4.69) is 10.1 Å². The van der Waals surface area contributed by atoms with Crippen molar-refractivity contribution in [3.63, 3.8) is 0 Å². The third kappa shape index (κ3) is 3.19. The summed E-state index contributed by atoms with van der Waals surface area (Å²) in [5.74, 6) is 1.41. The van der Waals surface area contributed by atoms with Gasteiger partial charge in [0.2, 0.25) is 5.89 Å². The number of aromatic nitrogens is 2. The summed E-state index contributed by atoms with van der Waals surface area (Å²) < 4.78 is 10.6. The number of hydrogen-bond donors (Lipinski definition) is 1. The Morgan fingerprint density at radius 3 is 2.78 bits per heavy atom. The first-order chi connectivity index (χ1) is 11.1. The standard InChI is InChI=1S/C16H19N3O4/c1-3-22-13-6-4-11(5-7-13)16(21)19-9-12(20)8-14(19)15-17-10(2)18-23-15/h4-7,12,14,20H,3,8-9H2,1-2H3/t12-,14-/m1/s1. The Hall–Kier alpha value is -2.41. The van der Waals surface area contributed by atoms with E-state index < -0.39 is 12.1 Å². The summed E-state index contributed by atoms with van der Waals surface area (Å²) in [5.41, 5.74) is 0.531. The maximum atomic E-state index is 12.7. The lowest BCUT2D eigenvalue weighted by Crippen LogP contribution is -2.31. The van der Waals surface area contributed by atoms with Crippen molar-refractivity contribution in [3.05, 3.63) is 41.5 Å². The van der Waals surface area contributed by atoms with E-state index in [0.717, 1.165) is 5.75 Å². The minimum Gasteiger partial charge on any atom is -0.494 e. The second-order valence-corrected chi connectivity index (χ2v) is 5.50. The number of carbonyl (C=O) groups is 1. The highest BCUT2D eigenvalue weighted by atomic mass is 16.5. The summed E-state index contributed by atoms with van der Waals surface area (Å²) in [6.07, 6.45) is -0.205. The number of aliphatic hydroxyl groups is 1. The SMILES string of the molecule is CCOc1ccc(C(=O)N2C[C@H](O)C[C@@H]2c2nc(C)no2)cc1. The quantitative estimate of drug-likeness (QED) is 0.923. The second-order valence-electron chi connectivity index (χ2n) is 5.50. The van der Waals surface area contributed by atoms with E-state index in [1.165, 1.54) is 0 Å². The maximum Gasteiger partial charge on any atom is 0.254 e. The molecule has 0 radical (unpaired) electrons. The van der Waals surface area contributed by atoms with Crippen LogP contribution in [-0.2, 0) is 0 Å². The van der Waals surface area contributed by atoms with Crippen LogP contribution in [0.1, 0.15) is 41.5 Å². The number of benzene rings is 1. The van der Waals surface area contributed by atoms with Crippen LogP contribution in [0.2, 0.25) is 0 Å². The Kier molecular flexibility index (Phi) is 4.29. The number of nitrogens with zero attached hydrogens (tertiary/aromatic N) is 3. The van der Waals surface area contributed by atoms with Gasteiger partial charge in [-0.3, -0.25) is 4.79 Å². The summed E-state index contributed by atoms with van der Waals surface area (Å²) in [4.78, 5) is 18.5. The molecule has 122 valence electrons. The normalized spacial score (nSPS) is 20.7. The van der Waals surface area contributed by atoms with Crippen molar-refractivity contribution in [2.24, 2.45) is 0 Å². The summed E-state index contributed by atoms with van der Waals surface area (Å²) >= 11 is 0. The predicted molar refractivity (Wildman–Crippen MR) is 81.0 cm³/mol. The highest BCUT2D eigenvalue weighted by molar-refractivity contribution is 5.94. The zero-order valence-corrected chi connectivity index (χ0v) is 13.1. The molecule has 1 aliphatic heterocycles. The molecule has 2 atom stereocenters. The van der Waals surface area contributed by atoms with E-state index in [9.17, 15) is 9.90 Å². The second kappa shape index (κ2) is 6.37. The number of rotatable bonds is 4. The van der Waals surface area contributed by atoms with Gasteiger partial charge in [0.25, 0.3) is 5.91 Å². The molecule has 0 saturated carbocycles. The van der Waals surface area contributed by atoms with Crippen LogP contribution in [0.4, 0.5) is 0 Å². The first kappa shape index (κ1) is 15.5. The van der Waals surface area contributed by atoms with Crippen LogP contribution in [0.25, 0.3) is 0 Å². The van der Waals surface area contributed by atoms with Crippen molar-refractivity contribution in [2.75, 3.05) is 13.2 Å². The molecule has 2 aromatic rings. The molecule has 0 spiro atoms. The molecule has 0 bridgehead atoms. The van der Waals surface area contributed by atoms with Crippen molar-refractivity contribution in [3.8, 4) is 5.75 Å². The Labute approximate surface area is 133 Å². The lowest BCUT2D eigenvalue weighted by Gasteiger charge is -2.21. The Bertz CT molecular complexity index is 683. The van der Waals surface area contributed by atoms with Gasteiger partial charge in [-0.05, 0) is 38.1 Å². The third-order valence-corrected chi connectivity index (χ3v) is 3.78. The lowest BCUT2D eigenvalue weighted by atomic mass is 10.1. The fraction of sp³-hybridized carbons (Fsp3) is 0.438. The zero-order chi connectivity index (χ0) is 16.4. The van der Waals surface area contributed by atoms with E-state index in [1.54, 1.807) is 36.1 Å². The van der Waals surface area contributed by atoms with Gasteiger partial charge in [0.1, 0.15) is 11.8 Å². The van der Waals surface area contributed by atoms with Crippen molar-refractivity contribution in [1.82, 2.24) is 15.0 Å². The Balaban J connectivity index is 1.81. The fourth-order valence-corrected chi connectivity index (χ4v) is 2.75. The summed E-state index contributed by atoms with van der Waals surface area (Å²) in [5, 5.41) is 13.7. The molecular weight excluding hydrogens is 298 g/mol. The van der Waals surface area contributed by atoms with E-state index in [4.69, 9.17) is 9.26 Å². The van der Waals surface area contributed by atoms with Gasteiger partial charge in [0, 0.05) is 18.5 Å². The molecule has 7 nitrogen and oxygen atoms in total. The topological polar surface area (TPSA) is 88.7 Å². The van der Waals surface area contributed by atoms with Gasteiger partial charge in [-0.15, -0.1) is 0 Å². The van der Waals surface area contributed by atoms with E-state index in [-0.39, 0.29) is 12.5 Å². The number of amides is 1. The Morgan fingerprint density at radius 1 is 1.43 bits per heavy atom. The van der Waals surface area contributed by atoms with Gasteiger partial charge in [-0.1, -0.05) is 5.16 Å². The van der Waals surface area contributed by atoms with Gasteiger partial charge >= 0.3 is 0 Å². The number of β-amino-alcohol motifs (C(OH)–C–C–N with tert-alkyl or cyclic N) is 1. The van der Waals surface area contributed by atoms with E-state index >= 15 is 0 Å². The van der Waals surface area contributed by atoms with Gasteiger partial charge in [0.15, 0.2) is 5.82 Å². The average Bonchev–Trinajstić information content (AvgIpc) is 3.13. The molecule has 1 amide bonds. The molecule has 23 heavy (non-hydrogen) atoms. The maximum absolute atomic E-state index is 12.7. The van der Waals surface area contributed by atoms with Crippen LogP contribution in [-0.4, -0.2) is 45.3 Å². The number of aryl methyl sites for hydroxylation is 1. The highest BCUT2D eigenvalue weighted by Crippen LogP contribution is 2.32. The first-order valence-corrected chi connectivity index (χ1v) is 7.60. The molecule has 2 heterocycles. The molecule has 3 rings (SSSR count). The van der Waals surface area contributed by atoms with E-state index in [1.807, 2.05) is 6.92 Å². The van der Waals surface area contributed by atoms with Gasteiger partial charge < -0.3 is 19.3 Å². The highest BCUT2D eigenvalue weighted by Gasteiger charge is 2.38. The zero-order valence-electron chi connectivity index (χ0n) is 13.1. The first-order valence-electron chi connectivity index (χ1n) is 7.60. The van der Waals surface area contributed by atoms with Crippen LogP contribution in [0.15, 0.2) is 28.8 Å². The number of aliphatic hydroxyl groups excluding tert-OH is 1. The molecule has 0 unspecified atom stereocenters. The van der Waals surface area contributed by atoms with Gasteiger partial charge in [-0.2, -0.15) is 4.98 Å². The summed E-state index contributed by atoms with van der Waals surface area (Å²) in [7, 11) is 0. The minimum absolute atomic E-state index is 0.176. The number of ether oxygens (including phenoxy) is 1. The van der Waals surface area contributed by atoms with E-state index in [0.29, 0.717) is 30.3 Å². The predicted octanol–water partition coefficient (Wildman–Crippen LogP) is 1.72. The van der Waals surface area contributed by atoms with Crippen LogP contribution >= 0.6 is 0 Å². The molecule has 1 fully saturated rings. The average molecular weight is 317 g/mol. The monoisotopic (exact) mass is 317 g/mol. The summed E-state index contributed by atoms with van der Waals surface area (Å²) in [6.45, 7) is 4.45. The molecular formula is C16H19N3O4. The van der Waals surface area contributed by atoms with Crippen LogP contribution in [0.5, 0.6) is 5.75 Å². The number of likely N-dealkylation sites (tertiary alicyclic amines) is 1. The van der Waals surface area contributed by atoms with Crippen LogP contribution in [0, 0.1) is 6.92 Å². The van der Waals surface area contributed by atoms with Crippen LogP contribution < -0.4 is 4.74 Å². The van der Waals surface area contributed by atoms with Crippen molar-refractivity contribution < 1.29 is 19.2 Å². The van der Waals surface area contributed by atoms with Gasteiger partial charge in [0.05, 0.1) is 12.7 Å². The van der Waals surface area contributed by atoms with Crippen molar-refractivity contribution >= 4 is 5.91 Å². The van der Waals surface area contributed by atoms with Crippen LogP contribution in [0.3, 0.4) is 0 Å². The number of hydrogen-bond acceptors (Lipinski definition) is 6. The summed E-state index contributed by atoms with van der Waals surface area (Å²) in [6, 6.07) is 6.55. The van der Waals surface area contributed by atoms with Crippen molar-refractivity contribution in [2.45, 2.75) is 32.4 Å². The molecule has 1 aliphatic rings. The minimum atomic E-state index is -0.598. The lowest BCUT2D eigenvalue weighted by molar-refractivity contribution is 0.0693.